The standard InChI is InChI=1S/C14H11NO2/c16-8-9-5-6-11-10-3-1-2-4-12(10)14(17)15-13(11)7-9/h1-7,16H,8H2,(H,15,17). The number of hydrogen-bond donors (Lipinski definition) is 2. The number of nitrogens with one attached hydrogen (secondary N) is 1. The van der Waals surface area contributed by atoms with Crippen LogP contribution in [0.3, 0.4) is 0 Å². The highest BCUT2D eigenvalue weighted by Crippen LogP contribution is 2.21. The smallest absolute Gasteiger partial charge is 0.256 e. The summed E-state index contributed by atoms with van der Waals surface area (Å²) in [6, 6.07) is 13.1. The molecule has 0 radical (unpaired) electrons. The van der Waals surface area contributed by atoms with Crippen molar-refractivity contribution in [2.75, 3.05) is 0 Å². The second-order valence-electron chi connectivity index (χ2n) is 4.04. The summed E-state index contributed by atoms with van der Waals surface area (Å²) < 4.78 is 0. The second kappa shape index (κ2) is 3.71. The molecule has 3 aromatic rings. The molecule has 0 aliphatic carbocycles. The van der Waals surface area contributed by atoms with Crippen molar-refractivity contribution in [1.82, 2.24) is 4.98 Å². The van der Waals surface area contributed by atoms with Gasteiger partial charge in [0.2, 0.25) is 0 Å². The third-order valence-electron chi connectivity index (χ3n) is 2.98. The Morgan fingerprint density at radius 2 is 1.76 bits per heavy atom. The molecule has 0 unspecified atom stereocenters. The highest BCUT2D eigenvalue weighted by atomic mass is 16.3. The van der Waals surface area contributed by atoms with Crippen LogP contribution in [0.1, 0.15) is 5.56 Å². The van der Waals surface area contributed by atoms with Crippen molar-refractivity contribution in [1.29, 1.82) is 0 Å². The van der Waals surface area contributed by atoms with Crippen LogP contribution in [0.2, 0.25) is 0 Å². The van der Waals surface area contributed by atoms with Crippen LogP contribution in [0.4, 0.5) is 0 Å². The fourth-order valence-corrected chi connectivity index (χ4v) is 2.13. The molecule has 3 heteroatoms. The lowest BCUT2D eigenvalue weighted by molar-refractivity contribution is 0.282. The number of aromatic amines is 1. The molecule has 0 amide bonds. The predicted octanol–water partition coefficient (Wildman–Crippen LogP) is 2.17. The molecule has 0 spiro atoms. The number of benzene rings is 2. The number of pyridine rings is 1. The van der Waals surface area contributed by atoms with Gasteiger partial charge in [0.05, 0.1) is 6.61 Å². The Morgan fingerprint density at radius 3 is 2.53 bits per heavy atom. The molecule has 1 aromatic heterocycles. The Kier molecular flexibility index (Phi) is 2.20. The van der Waals surface area contributed by atoms with E-state index in [2.05, 4.69) is 4.98 Å². The highest BCUT2D eigenvalue weighted by molar-refractivity contribution is 6.05. The van der Waals surface area contributed by atoms with Gasteiger partial charge < -0.3 is 10.1 Å². The molecular formula is C14H11NO2. The SMILES string of the molecule is O=c1[nH]c2cc(CO)ccc2c2ccccc12. The number of hydrogen-bond acceptors (Lipinski definition) is 2. The zero-order valence-electron chi connectivity index (χ0n) is 9.10. The van der Waals surface area contributed by atoms with Crippen LogP contribution >= 0.6 is 0 Å². The van der Waals surface area contributed by atoms with Crippen LogP contribution in [0.25, 0.3) is 21.7 Å². The first kappa shape index (κ1) is 10.1. The van der Waals surface area contributed by atoms with Gasteiger partial charge in [-0.15, -0.1) is 0 Å². The molecule has 0 atom stereocenters. The Hall–Kier alpha value is -2.13. The molecular weight excluding hydrogens is 214 g/mol. The van der Waals surface area contributed by atoms with Crippen molar-refractivity contribution in [3.8, 4) is 0 Å². The van der Waals surface area contributed by atoms with Crippen LogP contribution in [0.15, 0.2) is 47.3 Å². The zero-order valence-corrected chi connectivity index (χ0v) is 9.10. The van der Waals surface area contributed by atoms with E-state index in [0.29, 0.717) is 5.39 Å². The van der Waals surface area contributed by atoms with Crippen molar-refractivity contribution >= 4 is 21.7 Å². The lowest BCUT2D eigenvalue weighted by atomic mass is 10.1. The fourth-order valence-electron chi connectivity index (χ4n) is 2.13. The largest absolute Gasteiger partial charge is 0.392 e. The molecule has 0 bridgehead atoms. The van der Waals surface area contributed by atoms with Gasteiger partial charge in [-0.1, -0.05) is 30.3 Å². The quantitative estimate of drug-likeness (QED) is 0.623. The molecule has 2 aromatic carbocycles. The Morgan fingerprint density at radius 1 is 1.00 bits per heavy atom. The summed E-state index contributed by atoms with van der Waals surface area (Å²) in [5.41, 5.74) is 1.46. The lowest BCUT2D eigenvalue weighted by Gasteiger charge is -2.04. The molecule has 0 saturated carbocycles. The summed E-state index contributed by atoms with van der Waals surface area (Å²) in [5.74, 6) is 0. The predicted molar refractivity (Wildman–Crippen MR) is 68.0 cm³/mol. The Bertz CT molecular complexity index is 759. The van der Waals surface area contributed by atoms with E-state index in [1.165, 1.54) is 0 Å². The maximum atomic E-state index is 11.9. The van der Waals surface area contributed by atoms with Gasteiger partial charge in [-0.2, -0.15) is 0 Å². The molecule has 0 fully saturated rings. The second-order valence-corrected chi connectivity index (χ2v) is 4.04. The summed E-state index contributed by atoms with van der Waals surface area (Å²) in [7, 11) is 0. The van der Waals surface area contributed by atoms with Crippen molar-refractivity contribution in [3.63, 3.8) is 0 Å². The summed E-state index contributed by atoms with van der Waals surface area (Å²) in [6.07, 6.45) is 0. The molecule has 0 aliphatic rings. The molecule has 3 nitrogen and oxygen atoms in total. The molecule has 17 heavy (non-hydrogen) atoms. The number of aliphatic hydroxyl groups excluding tert-OH is 1. The average molecular weight is 225 g/mol. The molecule has 84 valence electrons. The van der Waals surface area contributed by atoms with Crippen LogP contribution in [0, 0.1) is 0 Å². The van der Waals surface area contributed by atoms with Crippen molar-refractivity contribution in [2.45, 2.75) is 6.61 Å². The molecule has 2 N–H and O–H groups in total. The van der Waals surface area contributed by atoms with E-state index >= 15 is 0 Å². The Labute approximate surface area is 97.3 Å². The van der Waals surface area contributed by atoms with Gasteiger partial charge >= 0.3 is 0 Å². The van der Waals surface area contributed by atoms with Gasteiger partial charge in [0.15, 0.2) is 0 Å². The van der Waals surface area contributed by atoms with Gasteiger partial charge in [0.1, 0.15) is 0 Å². The molecule has 1 heterocycles. The number of aromatic nitrogens is 1. The minimum absolute atomic E-state index is 0.0230. The monoisotopic (exact) mass is 225 g/mol. The van der Waals surface area contributed by atoms with Gasteiger partial charge in [-0.3, -0.25) is 4.79 Å². The highest BCUT2D eigenvalue weighted by Gasteiger charge is 2.04. The van der Waals surface area contributed by atoms with E-state index in [1.54, 1.807) is 0 Å². The van der Waals surface area contributed by atoms with E-state index in [9.17, 15) is 4.79 Å². The van der Waals surface area contributed by atoms with E-state index in [4.69, 9.17) is 5.11 Å². The van der Waals surface area contributed by atoms with Crippen LogP contribution < -0.4 is 5.56 Å². The first-order valence-corrected chi connectivity index (χ1v) is 5.44. The fraction of sp³-hybridized carbons (Fsp3) is 0.0714. The van der Waals surface area contributed by atoms with Crippen LogP contribution in [-0.2, 0) is 6.61 Å². The zero-order chi connectivity index (χ0) is 11.8. The third kappa shape index (κ3) is 1.52. The average Bonchev–Trinajstić information content (AvgIpc) is 2.38. The minimum atomic E-state index is -0.0943. The van der Waals surface area contributed by atoms with Crippen molar-refractivity contribution in [2.24, 2.45) is 0 Å². The minimum Gasteiger partial charge on any atom is -0.392 e. The summed E-state index contributed by atoms with van der Waals surface area (Å²) in [5, 5.41) is 11.7. The first-order chi connectivity index (χ1) is 8.29. The topological polar surface area (TPSA) is 53.1 Å². The number of fused-ring (bicyclic) bond motifs is 3. The summed E-state index contributed by atoms with van der Waals surface area (Å²) in [6.45, 7) is -0.0230. The van der Waals surface area contributed by atoms with Crippen LogP contribution in [-0.4, -0.2) is 10.1 Å². The lowest BCUT2D eigenvalue weighted by Crippen LogP contribution is -2.06. The number of H-pyrrole nitrogens is 1. The normalized spacial score (nSPS) is 11.1. The van der Waals surface area contributed by atoms with Crippen LogP contribution in [0.5, 0.6) is 0 Å². The van der Waals surface area contributed by atoms with E-state index in [0.717, 1.165) is 21.9 Å². The van der Waals surface area contributed by atoms with Gasteiger partial charge in [0.25, 0.3) is 5.56 Å². The van der Waals surface area contributed by atoms with E-state index in [-0.39, 0.29) is 12.2 Å². The maximum absolute atomic E-state index is 11.9. The van der Waals surface area contributed by atoms with Crippen molar-refractivity contribution < 1.29 is 5.11 Å². The van der Waals surface area contributed by atoms with E-state index in [1.807, 2.05) is 42.5 Å². The van der Waals surface area contributed by atoms with E-state index < -0.39 is 0 Å². The maximum Gasteiger partial charge on any atom is 0.256 e. The summed E-state index contributed by atoms with van der Waals surface area (Å²) in [4.78, 5) is 14.7. The molecule has 3 rings (SSSR count). The number of aliphatic hydroxyl groups is 1. The third-order valence-corrected chi connectivity index (χ3v) is 2.98. The Balaban J connectivity index is 2.53. The number of rotatable bonds is 1. The molecule has 0 aliphatic heterocycles. The van der Waals surface area contributed by atoms with Gasteiger partial charge in [0, 0.05) is 16.3 Å². The molecule has 0 saturated heterocycles. The van der Waals surface area contributed by atoms with Gasteiger partial charge in [-0.05, 0) is 23.1 Å². The first-order valence-electron chi connectivity index (χ1n) is 5.44. The summed E-state index contributed by atoms with van der Waals surface area (Å²) >= 11 is 0. The van der Waals surface area contributed by atoms with Crippen molar-refractivity contribution in [3.05, 3.63) is 58.4 Å². The van der Waals surface area contributed by atoms with Gasteiger partial charge in [-0.25, -0.2) is 0 Å².